The molecule has 1 aromatic rings. The van der Waals surface area contributed by atoms with E-state index < -0.39 is 21.9 Å². The summed E-state index contributed by atoms with van der Waals surface area (Å²) in [5.41, 5.74) is 6.10. The van der Waals surface area contributed by atoms with E-state index in [0.717, 1.165) is 0 Å². The van der Waals surface area contributed by atoms with E-state index in [9.17, 15) is 13.2 Å². The second-order valence-electron chi connectivity index (χ2n) is 4.35. The molecular formula is C12H15NO5S. The molecule has 1 unspecified atom stereocenters. The third-order valence-corrected chi connectivity index (χ3v) is 4.67. The van der Waals surface area contributed by atoms with Crippen LogP contribution in [0.25, 0.3) is 0 Å². The van der Waals surface area contributed by atoms with Crippen LogP contribution < -0.4 is 10.5 Å². The number of nitrogens with two attached hydrogens (primary N) is 1. The van der Waals surface area contributed by atoms with Gasteiger partial charge in [-0.25, -0.2) is 13.2 Å². The molecule has 7 heteroatoms. The van der Waals surface area contributed by atoms with Gasteiger partial charge in [-0.15, -0.1) is 0 Å². The Morgan fingerprint density at radius 3 is 2.74 bits per heavy atom. The van der Waals surface area contributed by atoms with Gasteiger partial charge in [0.25, 0.3) is 0 Å². The van der Waals surface area contributed by atoms with Crippen molar-refractivity contribution in [3.8, 4) is 5.75 Å². The summed E-state index contributed by atoms with van der Waals surface area (Å²) in [6.07, 6.45) is -0.0345. The van der Waals surface area contributed by atoms with Crippen molar-refractivity contribution >= 4 is 21.5 Å². The number of anilines is 1. The number of hydrogen-bond acceptors (Lipinski definition) is 6. The highest BCUT2D eigenvalue weighted by atomic mass is 32.2. The first-order valence-electron chi connectivity index (χ1n) is 5.77. The quantitative estimate of drug-likeness (QED) is 0.646. The molecular weight excluding hydrogens is 270 g/mol. The van der Waals surface area contributed by atoms with Crippen LogP contribution in [0.3, 0.4) is 0 Å². The molecule has 1 atom stereocenters. The van der Waals surface area contributed by atoms with Crippen molar-refractivity contribution in [2.75, 3.05) is 24.3 Å². The molecule has 1 heterocycles. The number of esters is 1. The minimum Gasteiger partial charge on any atom is -0.488 e. The first-order chi connectivity index (χ1) is 8.93. The summed E-state index contributed by atoms with van der Waals surface area (Å²) in [7, 11) is -1.79. The average molecular weight is 285 g/mol. The van der Waals surface area contributed by atoms with E-state index in [-0.39, 0.29) is 28.5 Å². The van der Waals surface area contributed by atoms with E-state index in [1.807, 2.05) is 0 Å². The van der Waals surface area contributed by atoms with Crippen molar-refractivity contribution in [2.45, 2.75) is 12.5 Å². The van der Waals surface area contributed by atoms with Gasteiger partial charge in [0.1, 0.15) is 17.4 Å². The molecule has 0 aromatic heterocycles. The maximum Gasteiger partial charge on any atom is 0.343 e. The van der Waals surface area contributed by atoms with E-state index >= 15 is 0 Å². The zero-order valence-corrected chi connectivity index (χ0v) is 11.3. The molecule has 0 radical (unpaired) electrons. The van der Waals surface area contributed by atoms with Crippen LogP contribution in [0.4, 0.5) is 5.69 Å². The molecule has 2 N–H and O–H groups in total. The molecule has 104 valence electrons. The predicted molar refractivity (Wildman–Crippen MR) is 69.9 cm³/mol. The Morgan fingerprint density at radius 1 is 1.42 bits per heavy atom. The number of sulfone groups is 1. The molecule has 1 fully saturated rings. The zero-order valence-electron chi connectivity index (χ0n) is 10.5. The van der Waals surface area contributed by atoms with E-state index in [1.165, 1.54) is 7.11 Å². The lowest BCUT2D eigenvalue weighted by molar-refractivity contribution is 0.0595. The lowest BCUT2D eigenvalue weighted by Gasteiger charge is -2.15. The Balaban J connectivity index is 2.26. The molecule has 0 bridgehead atoms. The van der Waals surface area contributed by atoms with Crippen LogP contribution in [0.2, 0.25) is 0 Å². The number of hydrogen-bond donors (Lipinski definition) is 1. The fraction of sp³-hybridized carbons (Fsp3) is 0.417. The van der Waals surface area contributed by atoms with Crippen molar-refractivity contribution in [2.24, 2.45) is 0 Å². The molecule has 1 aromatic carbocycles. The van der Waals surface area contributed by atoms with E-state index in [4.69, 9.17) is 10.5 Å². The maximum absolute atomic E-state index is 11.7. The van der Waals surface area contributed by atoms with Gasteiger partial charge in [0.15, 0.2) is 9.84 Å². The summed E-state index contributed by atoms with van der Waals surface area (Å²) in [6, 6.07) is 4.78. The van der Waals surface area contributed by atoms with Crippen LogP contribution in [0.5, 0.6) is 5.75 Å². The normalized spacial score (nSPS) is 21.0. The Hall–Kier alpha value is -1.76. The van der Waals surface area contributed by atoms with Crippen molar-refractivity contribution < 1.29 is 22.7 Å². The number of nitrogen functional groups attached to an aromatic ring is 1. The highest BCUT2D eigenvalue weighted by Gasteiger charge is 2.30. The molecule has 0 spiro atoms. The maximum atomic E-state index is 11.7. The molecule has 0 amide bonds. The number of carbonyl (C=O) groups is 1. The highest BCUT2D eigenvalue weighted by molar-refractivity contribution is 7.91. The fourth-order valence-corrected chi connectivity index (χ4v) is 3.59. The van der Waals surface area contributed by atoms with Crippen LogP contribution >= 0.6 is 0 Å². The fourth-order valence-electron chi connectivity index (χ4n) is 2.00. The molecule has 19 heavy (non-hydrogen) atoms. The van der Waals surface area contributed by atoms with Crippen molar-refractivity contribution in [3.63, 3.8) is 0 Å². The van der Waals surface area contributed by atoms with Crippen molar-refractivity contribution in [1.82, 2.24) is 0 Å². The summed E-state index contributed by atoms with van der Waals surface area (Å²) >= 11 is 0. The monoisotopic (exact) mass is 285 g/mol. The Bertz CT molecular complexity index is 596. The molecule has 0 aliphatic carbocycles. The van der Waals surface area contributed by atoms with Gasteiger partial charge in [0.05, 0.1) is 18.6 Å². The lowest BCUT2D eigenvalue weighted by Crippen LogP contribution is -2.20. The average Bonchev–Trinajstić information content (AvgIpc) is 2.68. The number of ether oxygens (including phenoxy) is 2. The molecule has 0 saturated carbocycles. The number of benzene rings is 1. The summed E-state index contributed by atoms with van der Waals surface area (Å²) < 4.78 is 33.0. The lowest BCUT2D eigenvalue weighted by atomic mass is 10.1. The Morgan fingerprint density at radius 2 is 2.16 bits per heavy atom. The van der Waals surface area contributed by atoms with Gasteiger partial charge in [-0.1, -0.05) is 6.07 Å². The minimum absolute atomic E-state index is 0.0393. The zero-order chi connectivity index (χ0) is 14.0. The highest BCUT2D eigenvalue weighted by Crippen LogP contribution is 2.28. The smallest absolute Gasteiger partial charge is 0.343 e. The number of methoxy groups -OCH3 is 1. The SMILES string of the molecule is COC(=O)c1c(N)cccc1OC1CCS(=O)(=O)C1. The van der Waals surface area contributed by atoms with Gasteiger partial charge in [0, 0.05) is 5.69 Å². The predicted octanol–water partition coefficient (Wildman–Crippen LogP) is 0.621. The molecule has 1 aliphatic rings. The second kappa shape index (κ2) is 5.08. The standard InChI is InChI=1S/C12H15NO5S/c1-17-12(14)11-9(13)3-2-4-10(11)18-8-5-6-19(15,16)7-8/h2-4,8H,5-7,13H2,1H3. The first kappa shape index (κ1) is 13.7. The second-order valence-corrected chi connectivity index (χ2v) is 6.58. The number of rotatable bonds is 3. The van der Waals surface area contributed by atoms with E-state index in [0.29, 0.717) is 6.42 Å². The first-order valence-corrected chi connectivity index (χ1v) is 7.59. The number of carbonyl (C=O) groups excluding carboxylic acids is 1. The van der Waals surface area contributed by atoms with Crippen LogP contribution in [0.1, 0.15) is 16.8 Å². The van der Waals surface area contributed by atoms with Gasteiger partial charge >= 0.3 is 5.97 Å². The van der Waals surface area contributed by atoms with Gasteiger partial charge in [0.2, 0.25) is 0 Å². The largest absolute Gasteiger partial charge is 0.488 e. The third-order valence-electron chi connectivity index (χ3n) is 2.93. The summed E-state index contributed by atoms with van der Waals surface area (Å²) in [6.45, 7) is 0. The molecule has 1 aliphatic heterocycles. The van der Waals surface area contributed by atoms with E-state index in [2.05, 4.69) is 4.74 Å². The Labute approximate surface area is 111 Å². The summed E-state index contributed by atoms with van der Waals surface area (Å²) in [5.74, 6) is -0.279. The van der Waals surface area contributed by atoms with Crippen LogP contribution in [-0.4, -0.2) is 39.1 Å². The van der Waals surface area contributed by atoms with Crippen molar-refractivity contribution in [3.05, 3.63) is 23.8 Å². The third kappa shape index (κ3) is 2.98. The topological polar surface area (TPSA) is 95.7 Å². The molecule has 1 saturated heterocycles. The van der Waals surface area contributed by atoms with Crippen molar-refractivity contribution in [1.29, 1.82) is 0 Å². The van der Waals surface area contributed by atoms with Gasteiger partial charge in [-0.2, -0.15) is 0 Å². The van der Waals surface area contributed by atoms with Crippen LogP contribution in [-0.2, 0) is 14.6 Å². The van der Waals surface area contributed by atoms with Gasteiger partial charge in [-0.3, -0.25) is 0 Å². The minimum atomic E-state index is -3.04. The van der Waals surface area contributed by atoms with Gasteiger partial charge in [-0.05, 0) is 18.6 Å². The van der Waals surface area contributed by atoms with E-state index in [1.54, 1.807) is 18.2 Å². The van der Waals surface area contributed by atoms with Crippen LogP contribution in [0.15, 0.2) is 18.2 Å². The van der Waals surface area contributed by atoms with Crippen LogP contribution in [0, 0.1) is 0 Å². The van der Waals surface area contributed by atoms with Gasteiger partial charge < -0.3 is 15.2 Å². The molecule has 6 nitrogen and oxygen atoms in total. The Kier molecular flexibility index (Phi) is 3.66. The summed E-state index contributed by atoms with van der Waals surface area (Å²) in [5, 5.41) is 0. The molecule has 2 rings (SSSR count). The summed E-state index contributed by atoms with van der Waals surface area (Å²) in [4.78, 5) is 11.7.